The summed E-state index contributed by atoms with van der Waals surface area (Å²) in [5, 5.41) is 7.39. The molecule has 0 fully saturated rings. The third kappa shape index (κ3) is 3.83. The van der Waals surface area contributed by atoms with Crippen LogP contribution in [-0.4, -0.2) is 29.9 Å². The molecular weight excluding hydrogens is 348 g/mol. The van der Waals surface area contributed by atoms with Gasteiger partial charge in [-0.1, -0.05) is 6.08 Å². The molecule has 0 saturated carbocycles. The van der Waals surface area contributed by atoms with Crippen LogP contribution in [-0.2, 0) is 6.42 Å². The van der Waals surface area contributed by atoms with E-state index in [9.17, 15) is 4.79 Å². The molecule has 1 aromatic carbocycles. The topological polar surface area (TPSA) is 76.1 Å². The zero-order valence-corrected chi connectivity index (χ0v) is 15.5. The monoisotopic (exact) mass is 368 g/mol. The highest BCUT2D eigenvalue weighted by Crippen LogP contribution is 2.33. The van der Waals surface area contributed by atoms with E-state index in [2.05, 4.69) is 20.6 Å². The maximum atomic E-state index is 11.5. The standard InChI is InChI=1S/C19H20N4O2S/c1-3-20-18-17-15(16(11-24)26-19(17)23-12-22-18)5-4-10-21-13-6-8-14(25-2)9-7-13/h4,6-12,21H,3,5H2,1-2H3,(H,20,22,23)/b10-4-. The van der Waals surface area contributed by atoms with E-state index in [1.807, 2.05) is 43.5 Å². The number of anilines is 2. The van der Waals surface area contributed by atoms with Gasteiger partial charge in [-0.2, -0.15) is 0 Å². The van der Waals surface area contributed by atoms with E-state index in [4.69, 9.17) is 4.74 Å². The molecule has 3 aromatic rings. The molecule has 0 saturated heterocycles. The lowest BCUT2D eigenvalue weighted by Crippen LogP contribution is -2.01. The minimum absolute atomic E-state index is 0.614. The van der Waals surface area contributed by atoms with Crippen molar-refractivity contribution >= 4 is 39.3 Å². The van der Waals surface area contributed by atoms with Crippen molar-refractivity contribution in [1.29, 1.82) is 0 Å². The fraction of sp³-hybridized carbons (Fsp3) is 0.211. The van der Waals surface area contributed by atoms with Gasteiger partial charge in [0.05, 0.1) is 17.4 Å². The molecular formula is C19H20N4O2S. The summed E-state index contributed by atoms with van der Waals surface area (Å²) in [7, 11) is 1.64. The Balaban J connectivity index is 1.79. The molecule has 2 heterocycles. The quantitative estimate of drug-likeness (QED) is 0.583. The Morgan fingerprint density at radius 2 is 2.04 bits per heavy atom. The van der Waals surface area contributed by atoms with E-state index in [0.29, 0.717) is 11.3 Å². The molecule has 7 heteroatoms. The third-order valence-electron chi connectivity index (χ3n) is 3.85. The van der Waals surface area contributed by atoms with E-state index < -0.39 is 0 Å². The summed E-state index contributed by atoms with van der Waals surface area (Å²) in [6.07, 6.45) is 6.89. The van der Waals surface area contributed by atoms with E-state index in [-0.39, 0.29) is 0 Å². The second-order valence-electron chi connectivity index (χ2n) is 5.47. The maximum Gasteiger partial charge on any atom is 0.160 e. The smallest absolute Gasteiger partial charge is 0.160 e. The van der Waals surface area contributed by atoms with Gasteiger partial charge in [-0.15, -0.1) is 11.3 Å². The lowest BCUT2D eigenvalue weighted by Gasteiger charge is -2.05. The highest BCUT2D eigenvalue weighted by Gasteiger charge is 2.15. The van der Waals surface area contributed by atoms with Gasteiger partial charge in [0, 0.05) is 12.2 Å². The molecule has 0 aliphatic heterocycles. The molecule has 6 nitrogen and oxygen atoms in total. The highest BCUT2D eigenvalue weighted by atomic mass is 32.1. The fourth-order valence-electron chi connectivity index (χ4n) is 2.63. The van der Waals surface area contributed by atoms with Gasteiger partial charge in [0.15, 0.2) is 6.29 Å². The predicted octanol–water partition coefficient (Wildman–Crippen LogP) is 4.11. The average Bonchev–Trinajstić information content (AvgIpc) is 3.04. The normalized spacial score (nSPS) is 11.0. The van der Waals surface area contributed by atoms with E-state index in [1.54, 1.807) is 7.11 Å². The average molecular weight is 368 g/mol. The van der Waals surface area contributed by atoms with Crippen LogP contribution in [0.25, 0.3) is 10.2 Å². The van der Waals surface area contributed by atoms with Crippen molar-refractivity contribution in [2.45, 2.75) is 13.3 Å². The van der Waals surface area contributed by atoms with Gasteiger partial charge in [-0.3, -0.25) is 4.79 Å². The van der Waals surface area contributed by atoms with E-state index in [0.717, 1.165) is 45.9 Å². The van der Waals surface area contributed by atoms with Crippen molar-refractivity contribution in [2.75, 3.05) is 24.3 Å². The number of fused-ring (bicyclic) bond motifs is 1. The number of thiophene rings is 1. The van der Waals surface area contributed by atoms with Crippen LogP contribution in [0, 0.1) is 0 Å². The van der Waals surface area contributed by atoms with Crippen LogP contribution >= 0.6 is 11.3 Å². The SMILES string of the molecule is CCNc1ncnc2sc(C=O)c(C/C=C\Nc3ccc(OC)cc3)c12. The predicted molar refractivity (Wildman–Crippen MR) is 106 cm³/mol. The molecule has 0 radical (unpaired) electrons. The largest absolute Gasteiger partial charge is 0.497 e. The summed E-state index contributed by atoms with van der Waals surface area (Å²) in [4.78, 5) is 21.6. The number of nitrogens with one attached hydrogen (secondary N) is 2. The second kappa shape index (κ2) is 8.44. The number of hydrogen-bond acceptors (Lipinski definition) is 7. The van der Waals surface area contributed by atoms with E-state index >= 15 is 0 Å². The number of rotatable bonds is 8. The van der Waals surface area contributed by atoms with Gasteiger partial charge in [-0.05, 0) is 49.4 Å². The minimum atomic E-state index is 0.614. The number of carbonyl (C=O) groups excluding carboxylic acids is 1. The molecule has 2 N–H and O–H groups in total. The summed E-state index contributed by atoms with van der Waals surface area (Å²) in [5.41, 5.74) is 1.91. The lowest BCUT2D eigenvalue weighted by molar-refractivity contribution is 0.112. The first-order valence-electron chi connectivity index (χ1n) is 8.27. The van der Waals surface area contributed by atoms with Crippen LogP contribution in [0.1, 0.15) is 22.2 Å². The Bertz CT molecular complexity index is 919. The number of nitrogens with zero attached hydrogens (tertiary/aromatic N) is 2. The number of aromatic nitrogens is 2. The Hall–Kier alpha value is -2.93. The number of ether oxygens (including phenoxy) is 1. The minimum Gasteiger partial charge on any atom is -0.497 e. The van der Waals surface area contributed by atoms with Crippen molar-refractivity contribution in [2.24, 2.45) is 0 Å². The van der Waals surface area contributed by atoms with Crippen molar-refractivity contribution in [1.82, 2.24) is 9.97 Å². The van der Waals surface area contributed by atoms with Crippen LogP contribution < -0.4 is 15.4 Å². The van der Waals surface area contributed by atoms with Gasteiger partial charge in [0.1, 0.15) is 22.7 Å². The molecule has 26 heavy (non-hydrogen) atoms. The number of carbonyl (C=O) groups is 1. The summed E-state index contributed by atoms with van der Waals surface area (Å²) in [6.45, 7) is 2.77. The molecule has 0 amide bonds. The van der Waals surface area contributed by atoms with Crippen LogP contribution in [0.3, 0.4) is 0 Å². The van der Waals surface area contributed by atoms with Crippen molar-refractivity contribution < 1.29 is 9.53 Å². The van der Waals surface area contributed by atoms with Crippen LogP contribution in [0.15, 0.2) is 42.9 Å². The summed E-state index contributed by atoms with van der Waals surface area (Å²) in [6, 6.07) is 7.68. The number of benzene rings is 1. The zero-order valence-electron chi connectivity index (χ0n) is 14.7. The molecule has 134 valence electrons. The van der Waals surface area contributed by atoms with Gasteiger partial charge in [-0.25, -0.2) is 9.97 Å². The first-order valence-corrected chi connectivity index (χ1v) is 9.09. The Kier molecular flexibility index (Phi) is 5.80. The Morgan fingerprint density at radius 1 is 1.23 bits per heavy atom. The maximum absolute atomic E-state index is 11.5. The zero-order chi connectivity index (χ0) is 18.4. The molecule has 0 aliphatic rings. The fourth-order valence-corrected chi connectivity index (χ4v) is 3.61. The van der Waals surface area contributed by atoms with Crippen molar-refractivity contribution in [3.63, 3.8) is 0 Å². The van der Waals surface area contributed by atoms with Gasteiger partial charge < -0.3 is 15.4 Å². The summed E-state index contributed by atoms with van der Waals surface area (Å²) in [5.74, 6) is 1.59. The highest BCUT2D eigenvalue weighted by molar-refractivity contribution is 7.20. The first kappa shape index (κ1) is 17.9. The molecule has 2 aromatic heterocycles. The van der Waals surface area contributed by atoms with Gasteiger partial charge in [0.2, 0.25) is 0 Å². The molecule has 3 rings (SSSR count). The van der Waals surface area contributed by atoms with Crippen molar-refractivity contribution in [3.05, 3.63) is 53.3 Å². The van der Waals surface area contributed by atoms with Crippen LogP contribution in [0.4, 0.5) is 11.5 Å². The molecule has 0 atom stereocenters. The van der Waals surface area contributed by atoms with Crippen LogP contribution in [0.5, 0.6) is 5.75 Å². The number of hydrogen-bond donors (Lipinski definition) is 2. The number of methoxy groups -OCH3 is 1. The van der Waals surface area contributed by atoms with Gasteiger partial charge in [0.25, 0.3) is 0 Å². The number of allylic oxidation sites excluding steroid dienone is 1. The van der Waals surface area contributed by atoms with Gasteiger partial charge >= 0.3 is 0 Å². The Labute approximate surface area is 155 Å². The van der Waals surface area contributed by atoms with Crippen LogP contribution in [0.2, 0.25) is 0 Å². The number of aldehydes is 1. The summed E-state index contributed by atoms with van der Waals surface area (Å²) >= 11 is 1.40. The van der Waals surface area contributed by atoms with Crippen molar-refractivity contribution in [3.8, 4) is 5.75 Å². The summed E-state index contributed by atoms with van der Waals surface area (Å²) < 4.78 is 5.15. The molecule has 0 unspecified atom stereocenters. The molecule has 0 bridgehead atoms. The molecule has 0 aliphatic carbocycles. The molecule has 0 spiro atoms. The third-order valence-corrected chi connectivity index (χ3v) is 4.91. The Morgan fingerprint density at radius 3 is 2.73 bits per heavy atom. The first-order chi connectivity index (χ1) is 12.8. The van der Waals surface area contributed by atoms with E-state index in [1.165, 1.54) is 17.7 Å². The second-order valence-corrected chi connectivity index (χ2v) is 6.51. The lowest BCUT2D eigenvalue weighted by atomic mass is 10.1.